The average molecular weight is 249 g/mol. The molecule has 1 unspecified atom stereocenters. The van der Waals surface area contributed by atoms with Gasteiger partial charge in [0.15, 0.2) is 11.5 Å². The molecule has 1 aliphatic heterocycles. The van der Waals surface area contributed by atoms with Crippen molar-refractivity contribution in [3.8, 4) is 11.5 Å². The second-order valence-corrected chi connectivity index (χ2v) is 4.46. The van der Waals surface area contributed by atoms with E-state index >= 15 is 0 Å². The minimum atomic E-state index is 0.0437. The maximum absolute atomic E-state index is 9.30. The Morgan fingerprint density at radius 1 is 1.28 bits per heavy atom. The van der Waals surface area contributed by atoms with Crippen molar-refractivity contribution >= 4 is 5.71 Å². The number of methoxy groups -OCH3 is 2. The summed E-state index contributed by atoms with van der Waals surface area (Å²) in [5.74, 6) is 1.49. The highest BCUT2D eigenvalue weighted by atomic mass is 16.5. The van der Waals surface area contributed by atoms with E-state index in [2.05, 4.69) is 4.99 Å². The number of aliphatic imine (C=N–C) groups is 1. The number of ether oxygens (including phenoxy) is 2. The molecule has 0 fully saturated rings. The van der Waals surface area contributed by atoms with Crippen LogP contribution < -0.4 is 9.47 Å². The number of hydrogen-bond donors (Lipinski definition) is 1. The van der Waals surface area contributed by atoms with Gasteiger partial charge in [-0.2, -0.15) is 0 Å². The van der Waals surface area contributed by atoms with Crippen LogP contribution in [0.3, 0.4) is 0 Å². The van der Waals surface area contributed by atoms with Crippen molar-refractivity contribution in [1.29, 1.82) is 0 Å². The highest BCUT2D eigenvalue weighted by Crippen LogP contribution is 2.33. The van der Waals surface area contributed by atoms with Gasteiger partial charge in [-0.05, 0) is 24.1 Å². The molecule has 0 amide bonds. The number of nitrogens with zero attached hydrogens (tertiary/aromatic N) is 1. The van der Waals surface area contributed by atoms with Crippen LogP contribution >= 0.6 is 0 Å². The lowest BCUT2D eigenvalue weighted by molar-refractivity contribution is 0.270. The zero-order valence-electron chi connectivity index (χ0n) is 11.1. The minimum Gasteiger partial charge on any atom is -0.493 e. The van der Waals surface area contributed by atoms with E-state index < -0.39 is 0 Å². The molecular weight excluding hydrogens is 230 g/mol. The Morgan fingerprint density at radius 3 is 2.56 bits per heavy atom. The van der Waals surface area contributed by atoms with Crippen molar-refractivity contribution in [2.75, 3.05) is 27.4 Å². The van der Waals surface area contributed by atoms with Gasteiger partial charge in [-0.15, -0.1) is 0 Å². The zero-order chi connectivity index (χ0) is 13.1. The quantitative estimate of drug-likeness (QED) is 0.883. The largest absolute Gasteiger partial charge is 0.493 e. The zero-order valence-corrected chi connectivity index (χ0v) is 11.1. The molecule has 1 aromatic carbocycles. The van der Waals surface area contributed by atoms with E-state index in [1.54, 1.807) is 14.2 Å². The van der Waals surface area contributed by atoms with Crippen molar-refractivity contribution in [3.05, 3.63) is 23.3 Å². The summed E-state index contributed by atoms with van der Waals surface area (Å²) in [7, 11) is 3.26. The summed E-state index contributed by atoms with van der Waals surface area (Å²) in [6.07, 6.45) is 0.900. The van der Waals surface area contributed by atoms with E-state index in [9.17, 15) is 5.11 Å². The van der Waals surface area contributed by atoms with Gasteiger partial charge in [-0.25, -0.2) is 0 Å². The van der Waals surface area contributed by atoms with Gasteiger partial charge in [0.05, 0.1) is 20.8 Å². The summed E-state index contributed by atoms with van der Waals surface area (Å²) in [4.78, 5) is 4.53. The number of aliphatic hydroxyl groups excluding tert-OH is 1. The number of aliphatic hydroxyl groups is 1. The molecule has 98 valence electrons. The number of hydrogen-bond acceptors (Lipinski definition) is 4. The average Bonchev–Trinajstić information content (AvgIpc) is 2.44. The maximum Gasteiger partial charge on any atom is 0.161 e. The summed E-state index contributed by atoms with van der Waals surface area (Å²) in [5, 5.41) is 9.30. The van der Waals surface area contributed by atoms with Crippen molar-refractivity contribution in [2.24, 2.45) is 10.9 Å². The molecule has 4 heteroatoms. The van der Waals surface area contributed by atoms with Crippen LogP contribution in [0.25, 0.3) is 0 Å². The Kier molecular flexibility index (Phi) is 3.87. The molecule has 4 nitrogen and oxygen atoms in total. The molecule has 1 N–H and O–H groups in total. The molecule has 0 aliphatic carbocycles. The van der Waals surface area contributed by atoms with Crippen molar-refractivity contribution in [1.82, 2.24) is 0 Å². The highest BCUT2D eigenvalue weighted by molar-refractivity contribution is 6.04. The first-order valence-corrected chi connectivity index (χ1v) is 6.11. The van der Waals surface area contributed by atoms with Gasteiger partial charge < -0.3 is 14.6 Å². The number of rotatable bonds is 4. The molecule has 1 aromatic rings. The van der Waals surface area contributed by atoms with Crippen LogP contribution in [0.1, 0.15) is 18.1 Å². The van der Waals surface area contributed by atoms with Gasteiger partial charge in [-0.3, -0.25) is 4.99 Å². The van der Waals surface area contributed by atoms with Gasteiger partial charge in [0.1, 0.15) is 0 Å². The third-order valence-corrected chi connectivity index (χ3v) is 3.29. The molecule has 1 heterocycles. The Labute approximate surface area is 107 Å². The molecule has 0 bridgehead atoms. The molecule has 0 spiro atoms. The van der Waals surface area contributed by atoms with E-state index in [-0.39, 0.29) is 12.5 Å². The number of benzene rings is 1. The molecule has 0 saturated heterocycles. The smallest absolute Gasteiger partial charge is 0.161 e. The second-order valence-electron chi connectivity index (χ2n) is 4.46. The number of fused-ring (bicyclic) bond motifs is 1. The van der Waals surface area contributed by atoms with Crippen LogP contribution in [0.4, 0.5) is 0 Å². The van der Waals surface area contributed by atoms with Crippen molar-refractivity contribution < 1.29 is 14.6 Å². The minimum absolute atomic E-state index is 0.0437. The van der Waals surface area contributed by atoms with Crippen LogP contribution in [0.5, 0.6) is 11.5 Å². The third-order valence-electron chi connectivity index (χ3n) is 3.29. The summed E-state index contributed by atoms with van der Waals surface area (Å²) >= 11 is 0. The predicted molar refractivity (Wildman–Crippen MR) is 70.9 cm³/mol. The summed E-state index contributed by atoms with van der Waals surface area (Å²) < 4.78 is 10.6. The maximum atomic E-state index is 9.30. The molecule has 2 rings (SSSR count). The van der Waals surface area contributed by atoms with Crippen molar-refractivity contribution in [2.45, 2.75) is 13.3 Å². The molecule has 0 radical (unpaired) electrons. The van der Waals surface area contributed by atoms with Crippen LogP contribution in [-0.2, 0) is 6.42 Å². The predicted octanol–water partition coefficient (Wildman–Crippen LogP) is 1.68. The molecule has 0 saturated carbocycles. The Morgan fingerprint density at radius 2 is 1.94 bits per heavy atom. The van der Waals surface area contributed by atoms with E-state index in [1.807, 2.05) is 19.1 Å². The summed E-state index contributed by atoms with van der Waals surface area (Å²) in [6, 6.07) is 3.96. The Hall–Kier alpha value is -1.55. The molecular formula is C14H19NO3. The molecule has 0 aromatic heterocycles. The van der Waals surface area contributed by atoms with E-state index in [1.165, 1.54) is 5.56 Å². The van der Waals surface area contributed by atoms with E-state index in [0.29, 0.717) is 5.75 Å². The lowest BCUT2D eigenvalue weighted by Gasteiger charge is -2.22. The SMILES string of the molecule is COc1cc2c(cc1OC)C(C(C)CO)=NCC2. The topological polar surface area (TPSA) is 51.0 Å². The van der Waals surface area contributed by atoms with Gasteiger partial charge >= 0.3 is 0 Å². The van der Waals surface area contributed by atoms with Gasteiger partial charge in [0.25, 0.3) is 0 Å². The second kappa shape index (κ2) is 5.40. The van der Waals surface area contributed by atoms with Gasteiger partial charge in [-0.1, -0.05) is 6.92 Å². The van der Waals surface area contributed by atoms with Crippen LogP contribution in [-0.4, -0.2) is 38.2 Å². The third kappa shape index (κ3) is 2.20. The molecule has 1 aliphatic rings. The normalized spacial score (nSPS) is 15.7. The van der Waals surface area contributed by atoms with Crippen molar-refractivity contribution in [3.63, 3.8) is 0 Å². The van der Waals surface area contributed by atoms with Crippen LogP contribution in [0.15, 0.2) is 17.1 Å². The first-order chi connectivity index (χ1) is 8.71. The van der Waals surface area contributed by atoms with Crippen LogP contribution in [0.2, 0.25) is 0 Å². The lowest BCUT2D eigenvalue weighted by Crippen LogP contribution is -2.22. The van der Waals surface area contributed by atoms with Crippen LogP contribution in [0, 0.1) is 5.92 Å². The lowest BCUT2D eigenvalue weighted by atomic mass is 9.90. The highest BCUT2D eigenvalue weighted by Gasteiger charge is 2.21. The Bertz CT molecular complexity index is 468. The fourth-order valence-electron chi connectivity index (χ4n) is 2.26. The monoisotopic (exact) mass is 249 g/mol. The fraction of sp³-hybridized carbons (Fsp3) is 0.500. The summed E-state index contributed by atoms with van der Waals surface area (Å²) in [5.41, 5.74) is 3.23. The fourth-order valence-corrected chi connectivity index (χ4v) is 2.26. The molecule has 1 atom stereocenters. The van der Waals surface area contributed by atoms with E-state index in [0.717, 1.165) is 30.0 Å². The van der Waals surface area contributed by atoms with E-state index in [4.69, 9.17) is 9.47 Å². The summed E-state index contributed by atoms with van der Waals surface area (Å²) in [6.45, 7) is 2.85. The first-order valence-electron chi connectivity index (χ1n) is 6.11. The first kappa shape index (κ1) is 12.9. The van der Waals surface area contributed by atoms with Gasteiger partial charge in [0.2, 0.25) is 0 Å². The molecule has 18 heavy (non-hydrogen) atoms. The Balaban J connectivity index is 2.49. The standard InChI is InChI=1S/C14H19NO3/c1-9(8-16)14-11-7-13(18-3)12(17-2)6-10(11)4-5-15-14/h6-7,9,16H,4-5,8H2,1-3H3. The van der Waals surface area contributed by atoms with Gasteiger partial charge in [0, 0.05) is 23.7 Å².